The fourth-order valence-corrected chi connectivity index (χ4v) is 3.04. The third kappa shape index (κ3) is 1.70. The highest BCUT2D eigenvalue weighted by atomic mass is 16.4. The van der Waals surface area contributed by atoms with E-state index in [1.807, 2.05) is 0 Å². The van der Waals surface area contributed by atoms with Gasteiger partial charge in [0.2, 0.25) is 0 Å². The molecule has 3 aliphatic rings. The second kappa shape index (κ2) is 2.98. The Kier molecular flexibility index (Phi) is 2.06. The quantitative estimate of drug-likeness (QED) is 0.679. The van der Waals surface area contributed by atoms with Crippen molar-refractivity contribution in [1.82, 2.24) is 0 Å². The van der Waals surface area contributed by atoms with E-state index < -0.39 is 5.97 Å². The van der Waals surface area contributed by atoms with Crippen LogP contribution in [0.2, 0.25) is 0 Å². The molecule has 2 bridgehead atoms. The number of carboxylic acid groups (broad SMARTS) is 1. The van der Waals surface area contributed by atoms with Crippen molar-refractivity contribution in [2.75, 3.05) is 0 Å². The minimum atomic E-state index is -0.666. The molecule has 0 amide bonds. The first-order valence-corrected chi connectivity index (χ1v) is 5.10. The van der Waals surface area contributed by atoms with Crippen molar-refractivity contribution in [2.45, 2.75) is 44.1 Å². The predicted molar refractivity (Wildman–Crippen MR) is 49.2 cm³/mol. The summed E-state index contributed by atoms with van der Waals surface area (Å²) in [5, 5.41) is 8.74. The van der Waals surface area contributed by atoms with E-state index in [-0.39, 0.29) is 5.54 Å². The lowest BCUT2D eigenvalue weighted by molar-refractivity contribution is -0.139. The molecule has 0 spiro atoms. The van der Waals surface area contributed by atoms with Crippen LogP contribution in [0.5, 0.6) is 0 Å². The van der Waals surface area contributed by atoms with Gasteiger partial charge in [-0.25, -0.2) is 0 Å². The van der Waals surface area contributed by atoms with Crippen LogP contribution in [-0.2, 0) is 4.79 Å². The number of hydrogen-bond acceptors (Lipinski definition) is 2. The monoisotopic (exact) mass is 183 g/mol. The van der Waals surface area contributed by atoms with Gasteiger partial charge in [-0.05, 0) is 43.9 Å². The van der Waals surface area contributed by atoms with Crippen molar-refractivity contribution in [3.05, 3.63) is 0 Å². The highest BCUT2D eigenvalue weighted by molar-refractivity contribution is 5.67. The van der Waals surface area contributed by atoms with Crippen molar-refractivity contribution >= 4 is 5.97 Å². The molecule has 0 aromatic carbocycles. The van der Waals surface area contributed by atoms with Gasteiger partial charge in [0, 0.05) is 12.0 Å². The average molecular weight is 183 g/mol. The first kappa shape index (κ1) is 9.00. The normalized spacial score (nSPS) is 43.5. The van der Waals surface area contributed by atoms with Crippen LogP contribution < -0.4 is 5.73 Å². The van der Waals surface area contributed by atoms with Crippen molar-refractivity contribution in [1.29, 1.82) is 0 Å². The van der Waals surface area contributed by atoms with Gasteiger partial charge >= 0.3 is 5.97 Å². The lowest BCUT2D eigenvalue weighted by Crippen LogP contribution is -2.51. The molecule has 3 fully saturated rings. The number of nitrogens with two attached hydrogens (primary N) is 1. The van der Waals surface area contributed by atoms with Crippen molar-refractivity contribution in [3.63, 3.8) is 0 Å². The lowest BCUT2D eigenvalue weighted by atomic mass is 9.60. The Balaban J connectivity index is 2.03. The first-order valence-electron chi connectivity index (χ1n) is 5.10. The summed E-state index contributed by atoms with van der Waals surface area (Å²) in [6, 6.07) is 0. The van der Waals surface area contributed by atoms with Crippen LogP contribution in [0.1, 0.15) is 38.5 Å². The smallest absolute Gasteiger partial charge is 0.303 e. The molecule has 3 nitrogen and oxygen atoms in total. The topological polar surface area (TPSA) is 63.3 Å². The van der Waals surface area contributed by atoms with Gasteiger partial charge in [-0.2, -0.15) is 0 Å². The highest BCUT2D eigenvalue weighted by Crippen LogP contribution is 2.47. The van der Waals surface area contributed by atoms with Gasteiger partial charge in [-0.1, -0.05) is 0 Å². The van der Waals surface area contributed by atoms with E-state index in [4.69, 9.17) is 10.8 Å². The van der Waals surface area contributed by atoms with Crippen LogP contribution in [0, 0.1) is 11.8 Å². The van der Waals surface area contributed by atoms with Gasteiger partial charge in [0.05, 0.1) is 0 Å². The van der Waals surface area contributed by atoms with Crippen LogP contribution in [0.4, 0.5) is 0 Å². The molecule has 3 N–H and O–H groups in total. The van der Waals surface area contributed by atoms with E-state index in [1.54, 1.807) is 0 Å². The maximum absolute atomic E-state index is 10.6. The Labute approximate surface area is 78.3 Å². The zero-order chi connectivity index (χ0) is 9.47. The number of aliphatic carboxylic acids is 1. The van der Waals surface area contributed by atoms with Crippen molar-refractivity contribution in [2.24, 2.45) is 17.6 Å². The number of carbonyl (C=O) groups is 1. The van der Waals surface area contributed by atoms with E-state index in [0.29, 0.717) is 18.3 Å². The summed E-state index contributed by atoms with van der Waals surface area (Å²) in [5.41, 5.74) is 6.15. The molecular weight excluding hydrogens is 166 g/mol. The van der Waals surface area contributed by atoms with Crippen LogP contribution in [0.3, 0.4) is 0 Å². The summed E-state index contributed by atoms with van der Waals surface area (Å²) >= 11 is 0. The van der Waals surface area contributed by atoms with Crippen LogP contribution >= 0.6 is 0 Å². The van der Waals surface area contributed by atoms with Gasteiger partial charge in [0.15, 0.2) is 0 Å². The molecule has 3 rings (SSSR count). The number of carboxylic acids is 1. The number of fused-ring (bicyclic) bond motifs is 3. The molecule has 0 aromatic heterocycles. The minimum Gasteiger partial charge on any atom is -0.481 e. The molecule has 3 saturated carbocycles. The third-order valence-corrected chi connectivity index (χ3v) is 3.80. The Morgan fingerprint density at radius 2 is 2.08 bits per heavy atom. The molecule has 0 aromatic rings. The standard InChI is InChI=1S/C10H17NO2/c11-10-3-1-7(2-4-10)8(6-10)5-9(12)13/h7-8H,1-6,11H2,(H,12,13). The molecular formula is C10H17NO2. The fourth-order valence-electron chi connectivity index (χ4n) is 3.04. The van der Waals surface area contributed by atoms with Gasteiger partial charge < -0.3 is 10.8 Å². The van der Waals surface area contributed by atoms with E-state index in [0.717, 1.165) is 32.1 Å². The number of hydrogen-bond donors (Lipinski definition) is 2. The van der Waals surface area contributed by atoms with Gasteiger partial charge in [-0.3, -0.25) is 4.79 Å². The van der Waals surface area contributed by atoms with Crippen molar-refractivity contribution < 1.29 is 9.90 Å². The van der Waals surface area contributed by atoms with Crippen LogP contribution in [0.15, 0.2) is 0 Å². The van der Waals surface area contributed by atoms with E-state index in [1.165, 1.54) is 0 Å². The minimum absolute atomic E-state index is 0.0190. The summed E-state index contributed by atoms with van der Waals surface area (Å²) in [4.78, 5) is 10.6. The van der Waals surface area contributed by atoms with Gasteiger partial charge in [0.1, 0.15) is 0 Å². The second-order valence-corrected chi connectivity index (χ2v) is 4.76. The maximum atomic E-state index is 10.6. The molecule has 0 saturated heterocycles. The lowest BCUT2D eigenvalue weighted by Gasteiger charge is -2.48. The number of rotatable bonds is 2. The Morgan fingerprint density at radius 1 is 1.46 bits per heavy atom. The summed E-state index contributed by atoms with van der Waals surface area (Å²) in [6.07, 6.45) is 5.76. The van der Waals surface area contributed by atoms with E-state index in [9.17, 15) is 4.79 Å². The molecule has 3 heteroatoms. The van der Waals surface area contributed by atoms with E-state index >= 15 is 0 Å². The summed E-state index contributed by atoms with van der Waals surface area (Å²) < 4.78 is 0. The van der Waals surface area contributed by atoms with Gasteiger partial charge in [-0.15, -0.1) is 0 Å². The molecule has 0 radical (unpaired) electrons. The second-order valence-electron chi connectivity index (χ2n) is 4.76. The Hall–Kier alpha value is -0.570. The summed E-state index contributed by atoms with van der Waals surface area (Å²) in [5.74, 6) is 0.327. The van der Waals surface area contributed by atoms with Crippen molar-refractivity contribution in [3.8, 4) is 0 Å². The first-order chi connectivity index (χ1) is 6.09. The van der Waals surface area contributed by atoms with Crippen LogP contribution in [-0.4, -0.2) is 16.6 Å². The van der Waals surface area contributed by atoms with E-state index in [2.05, 4.69) is 0 Å². The SMILES string of the molecule is NC12CCC(CC1)C(CC(=O)O)C2. The average Bonchev–Trinajstić information content (AvgIpc) is 2.02. The Bertz CT molecular complexity index is 219. The molecule has 74 valence electrons. The largest absolute Gasteiger partial charge is 0.481 e. The molecule has 1 unspecified atom stereocenters. The predicted octanol–water partition coefficient (Wildman–Crippen LogP) is 1.37. The molecule has 3 aliphatic carbocycles. The molecule has 13 heavy (non-hydrogen) atoms. The fraction of sp³-hybridized carbons (Fsp3) is 0.900. The molecule has 0 aliphatic heterocycles. The zero-order valence-corrected chi connectivity index (χ0v) is 7.83. The van der Waals surface area contributed by atoms with Gasteiger partial charge in [0.25, 0.3) is 0 Å². The molecule has 0 heterocycles. The maximum Gasteiger partial charge on any atom is 0.303 e. The third-order valence-electron chi connectivity index (χ3n) is 3.80. The highest BCUT2D eigenvalue weighted by Gasteiger charge is 2.43. The summed E-state index contributed by atoms with van der Waals surface area (Å²) in [7, 11) is 0. The molecule has 1 atom stereocenters. The summed E-state index contributed by atoms with van der Waals surface area (Å²) in [6.45, 7) is 0. The van der Waals surface area contributed by atoms with Crippen LogP contribution in [0.25, 0.3) is 0 Å². The Morgan fingerprint density at radius 3 is 2.54 bits per heavy atom. The zero-order valence-electron chi connectivity index (χ0n) is 7.83.